The molecule has 0 aromatic carbocycles. The monoisotopic (exact) mass is 415 g/mol. The van der Waals surface area contributed by atoms with E-state index in [0.29, 0.717) is 0 Å². The third-order valence-electron chi connectivity index (χ3n) is 5.93. The van der Waals surface area contributed by atoms with Crippen LogP contribution in [0.3, 0.4) is 0 Å². The first-order chi connectivity index (χ1) is 13.8. The second-order valence-corrected chi connectivity index (χ2v) is 8.60. The Morgan fingerprint density at radius 3 is 1.55 bits per heavy atom. The Kier molecular flexibility index (Phi) is 16.6. The predicted molar refractivity (Wildman–Crippen MR) is 122 cm³/mol. The first-order valence-corrected chi connectivity index (χ1v) is 11.8. The predicted octanol–water partition coefficient (Wildman–Crippen LogP) is 3.10. The first-order valence-electron chi connectivity index (χ1n) is 11.8. The van der Waals surface area contributed by atoms with Crippen LogP contribution in [0.1, 0.15) is 104 Å². The third kappa shape index (κ3) is 12.5. The molecule has 0 aromatic rings. The Morgan fingerprint density at radius 2 is 1.21 bits per heavy atom. The number of nitrogens with zero attached hydrogens (tertiary/aromatic N) is 1. The molecule has 0 spiro atoms. The van der Waals surface area contributed by atoms with E-state index in [2.05, 4.69) is 13.8 Å². The van der Waals surface area contributed by atoms with Gasteiger partial charge in [-0.1, -0.05) is 90.9 Å². The molecule has 0 bridgehead atoms. The van der Waals surface area contributed by atoms with Crippen LogP contribution in [0.5, 0.6) is 0 Å². The van der Waals surface area contributed by atoms with Crippen LogP contribution in [0.25, 0.3) is 0 Å². The molecule has 0 rings (SSSR count). The number of hydrogen-bond acceptors (Lipinski definition) is 6. The molecule has 0 heterocycles. The number of unbranched alkanes of at least 4 members (excludes halogenated alkanes) is 10. The van der Waals surface area contributed by atoms with Crippen molar-refractivity contribution in [3.63, 3.8) is 0 Å². The van der Waals surface area contributed by atoms with Crippen LogP contribution < -0.4 is 22.9 Å². The summed E-state index contributed by atoms with van der Waals surface area (Å²) >= 11 is 0. The molecule has 7 heteroatoms. The zero-order chi connectivity index (χ0) is 22.1. The summed E-state index contributed by atoms with van der Waals surface area (Å²) in [5.74, 6) is -0.901. The molecule has 0 aromatic heterocycles. The van der Waals surface area contributed by atoms with Crippen LogP contribution in [-0.2, 0) is 4.79 Å². The summed E-state index contributed by atoms with van der Waals surface area (Å²) in [7, 11) is 0. The number of nitrogens with two attached hydrogens (primary N) is 4. The summed E-state index contributed by atoms with van der Waals surface area (Å²) in [5.41, 5.74) is 23.7. The van der Waals surface area contributed by atoms with Gasteiger partial charge in [0.15, 0.2) is 0 Å². The molecule has 9 N–H and O–H groups in total. The van der Waals surface area contributed by atoms with Gasteiger partial charge in [-0.3, -0.25) is 9.69 Å². The molecule has 0 aliphatic carbocycles. The highest BCUT2D eigenvalue weighted by Gasteiger charge is 2.41. The van der Waals surface area contributed by atoms with Gasteiger partial charge in [-0.2, -0.15) is 0 Å². The van der Waals surface area contributed by atoms with E-state index in [1.165, 1.54) is 51.4 Å². The molecule has 0 atom stereocenters. The second kappa shape index (κ2) is 17.0. The Balaban J connectivity index is 5.18. The van der Waals surface area contributed by atoms with Crippen LogP contribution in [0.2, 0.25) is 0 Å². The van der Waals surface area contributed by atoms with E-state index >= 15 is 0 Å². The fraction of sp³-hybridized carbons (Fsp3) is 0.955. The lowest BCUT2D eigenvalue weighted by molar-refractivity contribution is -0.141. The average molecular weight is 416 g/mol. The molecule has 29 heavy (non-hydrogen) atoms. The largest absolute Gasteiger partial charge is 0.480 e. The molecule has 0 fully saturated rings. The summed E-state index contributed by atoms with van der Waals surface area (Å²) < 4.78 is 0. The molecule has 0 unspecified atom stereocenters. The first kappa shape index (κ1) is 28.3. The van der Waals surface area contributed by atoms with Crippen molar-refractivity contribution in [2.75, 3.05) is 13.1 Å². The van der Waals surface area contributed by atoms with Gasteiger partial charge in [0.1, 0.15) is 0 Å². The van der Waals surface area contributed by atoms with Gasteiger partial charge in [0.2, 0.25) is 0 Å². The molecule has 0 saturated carbocycles. The number of carboxylic acid groups (broad SMARTS) is 1. The number of hydrogen-bond donors (Lipinski definition) is 5. The van der Waals surface area contributed by atoms with Gasteiger partial charge in [-0.15, -0.1) is 0 Å². The van der Waals surface area contributed by atoms with E-state index in [4.69, 9.17) is 22.9 Å². The third-order valence-corrected chi connectivity index (χ3v) is 5.93. The van der Waals surface area contributed by atoms with Crippen molar-refractivity contribution in [2.45, 2.75) is 122 Å². The molecule has 7 nitrogen and oxygen atoms in total. The van der Waals surface area contributed by atoms with E-state index in [1.54, 1.807) is 0 Å². The van der Waals surface area contributed by atoms with E-state index in [0.717, 1.165) is 38.5 Å². The summed E-state index contributed by atoms with van der Waals surface area (Å²) in [6, 6.07) is 0. The molecule has 174 valence electrons. The molecule has 0 aliphatic rings. The highest BCUT2D eigenvalue weighted by Crippen LogP contribution is 2.31. The Morgan fingerprint density at radius 1 is 0.793 bits per heavy atom. The number of aliphatic carboxylic acids is 1. The highest BCUT2D eigenvalue weighted by atomic mass is 16.4. The molecule has 0 amide bonds. The van der Waals surface area contributed by atoms with Gasteiger partial charge in [-0.05, 0) is 12.8 Å². The Labute approximate surface area is 178 Å². The second-order valence-electron chi connectivity index (χ2n) is 8.60. The van der Waals surface area contributed by atoms with Crippen molar-refractivity contribution in [3.05, 3.63) is 0 Å². The number of carboxylic acids is 1. The standard InChI is InChI=1S/C22H49N5O2/c1-3-5-7-9-11-13-15-22(21(25)26,16-14-12-10-8-6-4-2)27(17-19(23)24)18-20(28)29/h19,21H,3-18,23-26H2,1-2H3,(H,28,29). The molecular weight excluding hydrogens is 366 g/mol. The molecule has 0 radical (unpaired) electrons. The SMILES string of the molecule is CCCCCCCCC(CCCCCCCC)(C(N)N)N(CC(=O)O)CC(N)N. The Hall–Kier alpha value is -0.730. The summed E-state index contributed by atoms with van der Waals surface area (Å²) in [4.78, 5) is 13.4. The van der Waals surface area contributed by atoms with Crippen molar-refractivity contribution >= 4 is 5.97 Å². The van der Waals surface area contributed by atoms with Crippen molar-refractivity contribution in [3.8, 4) is 0 Å². The number of rotatable bonds is 20. The lowest BCUT2D eigenvalue weighted by atomic mass is 9.81. The van der Waals surface area contributed by atoms with Gasteiger partial charge < -0.3 is 28.0 Å². The van der Waals surface area contributed by atoms with Crippen LogP contribution in [0.4, 0.5) is 0 Å². The maximum absolute atomic E-state index is 11.6. The number of carbonyl (C=O) groups is 1. The highest BCUT2D eigenvalue weighted by molar-refractivity contribution is 5.69. The summed E-state index contributed by atoms with van der Waals surface area (Å²) in [6.07, 6.45) is 14.3. The fourth-order valence-electron chi connectivity index (χ4n) is 4.23. The van der Waals surface area contributed by atoms with Gasteiger partial charge in [-0.25, -0.2) is 0 Å². The zero-order valence-corrected chi connectivity index (χ0v) is 19.1. The van der Waals surface area contributed by atoms with E-state index < -0.39 is 23.8 Å². The maximum Gasteiger partial charge on any atom is 0.317 e. The van der Waals surface area contributed by atoms with Crippen LogP contribution in [0.15, 0.2) is 0 Å². The normalized spacial score (nSPS) is 12.4. The van der Waals surface area contributed by atoms with Gasteiger partial charge in [0.05, 0.1) is 18.9 Å². The van der Waals surface area contributed by atoms with Crippen molar-refractivity contribution in [2.24, 2.45) is 22.9 Å². The minimum absolute atomic E-state index is 0.137. The van der Waals surface area contributed by atoms with Gasteiger partial charge >= 0.3 is 5.97 Å². The summed E-state index contributed by atoms with van der Waals surface area (Å²) in [5, 5.41) is 9.47. The van der Waals surface area contributed by atoms with Gasteiger partial charge in [0, 0.05) is 12.1 Å². The van der Waals surface area contributed by atoms with Crippen LogP contribution in [-0.4, -0.2) is 46.9 Å². The lowest BCUT2D eigenvalue weighted by Crippen LogP contribution is -2.66. The molecule has 0 aliphatic heterocycles. The van der Waals surface area contributed by atoms with Crippen molar-refractivity contribution < 1.29 is 9.90 Å². The minimum Gasteiger partial charge on any atom is -0.480 e. The van der Waals surface area contributed by atoms with Crippen molar-refractivity contribution in [1.29, 1.82) is 0 Å². The topological polar surface area (TPSA) is 145 Å². The van der Waals surface area contributed by atoms with E-state index in [9.17, 15) is 9.90 Å². The summed E-state index contributed by atoms with van der Waals surface area (Å²) in [6.45, 7) is 4.56. The smallest absolute Gasteiger partial charge is 0.317 e. The molecular formula is C22H49N5O2. The van der Waals surface area contributed by atoms with Crippen LogP contribution >= 0.6 is 0 Å². The van der Waals surface area contributed by atoms with Crippen LogP contribution in [0, 0.1) is 0 Å². The Bertz CT molecular complexity index is 389. The minimum atomic E-state index is -0.901. The van der Waals surface area contributed by atoms with Crippen molar-refractivity contribution in [1.82, 2.24) is 4.90 Å². The molecule has 0 saturated heterocycles. The lowest BCUT2D eigenvalue weighted by Gasteiger charge is -2.47. The van der Waals surface area contributed by atoms with Gasteiger partial charge in [0.25, 0.3) is 0 Å². The van der Waals surface area contributed by atoms with E-state index in [-0.39, 0.29) is 13.1 Å². The fourth-order valence-corrected chi connectivity index (χ4v) is 4.23. The van der Waals surface area contributed by atoms with E-state index in [1.807, 2.05) is 4.90 Å². The zero-order valence-electron chi connectivity index (χ0n) is 19.1. The quantitative estimate of drug-likeness (QED) is 0.152. The average Bonchev–Trinajstić information content (AvgIpc) is 2.64. The maximum atomic E-state index is 11.6.